The van der Waals surface area contributed by atoms with Gasteiger partial charge in [-0.3, -0.25) is 0 Å². The molecular formula is C21H19BF2N2O. The van der Waals surface area contributed by atoms with Crippen molar-refractivity contribution < 1.29 is 17.5 Å². The van der Waals surface area contributed by atoms with Gasteiger partial charge in [0.2, 0.25) is 0 Å². The van der Waals surface area contributed by atoms with E-state index in [1.54, 1.807) is 20.1 Å². The summed E-state index contributed by atoms with van der Waals surface area (Å²) in [6.07, 6.45) is 3.53. The van der Waals surface area contributed by atoms with Gasteiger partial charge in [0.1, 0.15) is 11.3 Å². The minimum absolute atomic E-state index is 0.564. The lowest BCUT2D eigenvalue weighted by molar-refractivity contribution is -0.363. The molecule has 0 saturated carbocycles. The quantitative estimate of drug-likeness (QED) is 0.538. The van der Waals surface area contributed by atoms with Gasteiger partial charge in [0.05, 0.1) is 11.8 Å². The van der Waals surface area contributed by atoms with Crippen LogP contribution in [0.4, 0.5) is 8.63 Å². The topological polar surface area (TPSA) is 21.1 Å². The highest BCUT2D eigenvalue weighted by atomic mass is 19.2. The van der Waals surface area contributed by atoms with E-state index in [4.69, 9.17) is 4.42 Å². The number of aromatic nitrogens is 1. The number of hydrogen-bond donors (Lipinski definition) is 0. The van der Waals surface area contributed by atoms with E-state index < -0.39 is 6.97 Å². The molecule has 0 aliphatic carbocycles. The van der Waals surface area contributed by atoms with Crippen LogP contribution in [0.5, 0.6) is 0 Å². The first kappa shape index (κ1) is 16.3. The van der Waals surface area contributed by atoms with Gasteiger partial charge in [-0.05, 0) is 44.2 Å². The van der Waals surface area contributed by atoms with Gasteiger partial charge >= 0.3 is 6.97 Å². The van der Waals surface area contributed by atoms with Crippen LogP contribution < -0.4 is 0 Å². The number of furan rings is 1. The van der Waals surface area contributed by atoms with Crippen molar-refractivity contribution in [2.45, 2.75) is 27.7 Å². The van der Waals surface area contributed by atoms with Crippen molar-refractivity contribution in [3.8, 4) is 0 Å². The van der Waals surface area contributed by atoms with Crippen LogP contribution in [0.25, 0.3) is 16.5 Å². The fourth-order valence-electron chi connectivity index (χ4n) is 4.73. The van der Waals surface area contributed by atoms with Crippen molar-refractivity contribution in [2.24, 2.45) is 0 Å². The minimum Gasteiger partial charge on any atom is -0.464 e. The van der Waals surface area contributed by atoms with E-state index in [1.807, 2.05) is 50.3 Å². The second kappa shape index (κ2) is 5.09. The van der Waals surface area contributed by atoms with Crippen LogP contribution in [0.2, 0.25) is 0 Å². The van der Waals surface area contributed by atoms with E-state index >= 15 is 8.63 Å². The van der Waals surface area contributed by atoms with Crippen LogP contribution in [0.15, 0.2) is 58.4 Å². The van der Waals surface area contributed by atoms with Crippen molar-refractivity contribution in [1.29, 1.82) is 0 Å². The van der Waals surface area contributed by atoms with Gasteiger partial charge < -0.3 is 22.0 Å². The molecule has 0 N–H and O–H groups in total. The fourth-order valence-corrected chi connectivity index (χ4v) is 4.73. The summed E-state index contributed by atoms with van der Waals surface area (Å²) >= 11 is 0. The third-order valence-electron chi connectivity index (χ3n) is 5.68. The molecule has 3 nitrogen and oxygen atoms in total. The molecule has 1 aromatic carbocycles. The third kappa shape index (κ3) is 1.93. The Balaban J connectivity index is 1.98. The molecule has 136 valence electrons. The molecule has 2 aliphatic heterocycles. The average Bonchev–Trinajstić information content (AvgIpc) is 3.24. The maximum absolute atomic E-state index is 15.6. The zero-order chi connectivity index (χ0) is 19.1. The number of nitrogens with zero attached hydrogens (tertiary/aromatic N) is 2. The number of fused-ring (bicyclic) bond motifs is 3. The maximum atomic E-state index is 15.6. The standard InChI is InChI=1S/C21H19BF2N2O/c1-12-9-14(3)25-20(12)19(17-11-27-18-8-6-5-7-16(17)18)21-13(2)10-15(4)26(21)22(25,23)24/h5-11H,1-4H3. The molecule has 2 aromatic heterocycles. The second-order valence-corrected chi connectivity index (χ2v) is 7.48. The first-order valence-electron chi connectivity index (χ1n) is 9.06. The summed E-state index contributed by atoms with van der Waals surface area (Å²) in [5, 5.41) is 0.930. The van der Waals surface area contributed by atoms with Crippen LogP contribution in [-0.4, -0.2) is 21.6 Å². The highest BCUT2D eigenvalue weighted by Gasteiger charge is 2.55. The number of para-hydroxylation sites is 1. The number of rotatable bonds is 1. The molecule has 2 aliphatic rings. The molecule has 0 atom stereocenters. The number of hydrogen-bond acceptors (Lipinski definition) is 1. The molecule has 0 spiro atoms. The zero-order valence-corrected chi connectivity index (χ0v) is 15.7. The van der Waals surface area contributed by atoms with E-state index in [0.717, 1.165) is 33.2 Å². The second-order valence-electron chi connectivity index (χ2n) is 7.48. The highest BCUT2D eigenvalue weighted by molar-refractivity contribution is 6.58. The summed E-state index contributed by atoms with van der Waals surface area (Å²) in [7, 11) is 0. The Hall–Kier alpha value is -2.89. The Bertz CT molecular complexity index is 1240. The molecule has 4 heterocycles. The van der Waals surface area contributed by atoms with Gasteiger partial charge in [-0.1, -0.05) is 18.2 Å². The van der Waals surface area contributed by atoms with E-state index in [-0.39, 0.29) is 0 Å². The van der Waals surface area contributed by atoms with E-state index in [0.29, 0.717) is 22.8 Å². The van der Waals surface area contributed by atoms with Crippen molar-refractivity contribution in [3.63, 3.8) is 0 Å². The van der Waals surface area contributed by atoms with Crippen molar-refractivity contribution in [1.82, 2.24) is 4.48 Å². The number of allylic oxidation sites excluding steroid dienone is 2. The lowest BCUT2D eigenvalue weighted by Crippen LogP contribution is -2.51. The van der Waals surface area contributed by atoms with Crippen LogP contribution in [0, 0.1) is 13.8 Å². The molecule has 6 heteroatoms. The summed E-state index contributed by atoms with van der Waals surface area (Å²) in [5.74, 6) is 0. The van der Waals surface area contributed by atoms with Gasteiger partial charge in [-0.25, -0.2) is 0 Å². The lowest BCUT2D eigenvalue weighted by Gasteiger charge is -2.33. The Morgan fingerprint density at radius 3 is 2.59 bits per heavy atom. The molecule has 0 fully saturated rings. The first-order chi connectivity index (χ1) is 12.8. The summed E-state index contributed by atoms with van der Waals surface area (Å²) in [5.41, 5.74) is 6.39. The lowest BCUT2D eigenvalue weighted by atomic mass is 9.84. The number of benzene rings is 1. The van der Waals surface area contributed by atoms with Crippen LogP contribution >= 0.6 is 0 Å². The van der Waals surface area contributed by atoms with E-state index in [2.05, 4.69) is 0 Å². The van der Waals surface area contributed by atoms with Gasteiger partial charge in [-0.2, -0.15) is 0 Å². The maximum Gasteiger partial charge on any atom is 0.737 e. The summed E-state index contributed by atoms with van der Waals surface area (Å²) in [6, 6.07) is 9.57. The minimum atomic E-state index is -3.95. The van der Waals surface area contributed by atoms with Crippen molar-refractivity contribution >= 4 is 29.2 Å². The van der Waals surface area contributed by atoms with Gasteiger partial charge in [0.15, 0.2) is 5.70 Å². The van der Waals surface area contributed by atoms with Gasteiger partial charge in [-0.15, -0.1) is 0 Å². The summed E-state index contributed by atoms with van der Waals surface area (Å²) in [4.78, 5) is 0. The first-order valence-corrected chi connectivity index (χ1v) is 9.06. The predicted octanol–water partition coefficient (Wildman–Crippen LogP) is 5.28. The normalized spacial score (nSPS) is 18.2. The third-order valence-corrected chi connectivity index (χ3v) is 5.68. The zero-order valence-electron chi connectivity index (χ0n) is 15.7. The van der Waals surface area contributed by atoms with Crippen LogP contribution in [0.1, 0.15) is 36.4 Å². The molecule has 27 heavy (non-hydrogen) atoms. The number of halogens is 2. The van der Waals surface area contributed by atoms with Crippen LogP contribution in [-0.2, 0) is 0 Å². The summed E-state index contributed by atoms with van der Waals surface area (Å²) < 4.78 is 39.4. The Morgan fingerprint density at radius 2 is 1.81 bits per heavy atom. The highest BCUT2D eigenvalue weighted by Crippen LogP contribution is 2.45. The molecule has 3 aromatic rings. The van der Waals surface area contributed by atoms with Crippen molar-refractivity contribution in [3.05, 3.63) is 76.5 Å². The molecule has 5 rings (SSSR count). The van der Waals surface area contributed by atoms with Crippen LogP contribution in [0.3, 0.4) is 0 Å². The Kier molecular flexibility index (Phi) is 3.07. The van der Waals surface area contributed by atoms with E-state index in [9.17, 15) is 0 Å². The largest absolute Gasteiger partial charge is 0.737 e. The van der Waals surface area contributed by atoms with Crippen molar-refractivity contribution in [2.75, 3.05) is 0 Å². The molecule has 0 radical (unpaired) electrons. The predicted molar refractivity (Wildman–Crippen MR) is 104 cm³/mol. The molecule has 0 amide bonds. The fraction of sp³-hybridized carbons (Fsp3) is 0.190. The molecule has 0 saturated heterocycles. The molecule has 0 unspecified atom stereocenters. The molecule has 0 bridgehead atoms. The summed E-state index contributed by atoms with van der Waals surface area (Å²) in [6.45, 7) is 3.33. The monoisotopic (exact) mass is 364 g/mol. The van der Waals surface area contributed by atoms with Gasteiger partial charge in [0.25, 0.3) is 0 Å². The van der Waals surface area contributed by atoms with Gasteiger partial charge in [0, 0.05) is 35.2 Å². The average molecular weight is 364 g/mol. The number of aryl methyl sites for hydroxylation is 2. The SMILES string of the molecule is CC1=CC(C)=[N+]2C1=C(c1coc3ccccc13)c1c(C)cc(C)n1[B-]2(F)F. The smallest absolute Gasteiger partial charge is 0.464 e. The molecular weight excluding hydrogens is 345 g/mol. The Labute approximate surface area is 156 Å². The Morgan fingerprint density at radius 1 is 1.07 bits per heavy atom. The van der Waals surface area contributed by atoms with E-state index in [1.165, 1.54) is 8.96 Å².